The Morgan fingerprint density at radius 1 is 1.12 bits per heavy atom. The Balaban J connectivity index is 4.83. The van der Waals surface area contributed by atoms with E-state index in [9.17, 15) is 4.79 Å². The van der Waals surface area contributed by atoms with Crippen LogP contribution in [0.5, 0.6) is 0 Å². The summed E-state index contributed by atoms with van der Waals surface area (Å²) < 4.78 is 0. The molecule has 0 aromatic heterocycles. The van der Waals surface area contributed by atoms with Crippen molar-refractivity contribution in [3.8, 4) is 0 Å². The second kappa shape index (κ2) is 7.70. The molecule has 0 aromatic rings. The fourth-order valence-electron chi connectivity index (χ4n) is 2.02. The van der Waals surface area contributed by atoms with Crippen molar-refractivity contribution in [1.29, 1.82) is 0 Å². The Labute approximate surface area is 107 Å². The zero-order valence-electron chi connectivity index (χ0n) is 12.4. The monoisotopic (exact) mass is 242 g/mol. The van der Waals surface area contributed by atoms with Gasteiger partial charge in [-0.3, -0.25) is 4.79 Å². The van der Waals surface area contributed by atoms with Crippen LogP contribution < -0.4 is 5.73 Å². The first-order chi connectivity index (χ1) is 7.84. The molecule has 3 heteroatoms. The molecule has 1 atom stereocenters. The summed E-state index contributed by atoms with van der Waals surface area (Å²) in [6, 6.07) is -0.0379. The van der Waals surface area contributed by atoms with E-state index in [1.165, 1.54) is 0 Å². The first-order valence-electron chi connectivity index (χ1n) is 6.91. The molecule has 0 spiro atoms. The lowest BCUT2D eigenvalue weighted by atomic mass is 10.0. The molecule has 0 radical (unpaired) electrons. The summed E-state index contributed by atoms with van der Waals surface area (Å²) in [5, 5.41) is 0. The lowest BCUT2D eigenvalue weighted by Gasteiger charge is -2.34. The molecule has 0 aliphatic rings. The molecule has 0 bridgehead atoms. The molecule has 2 N–H and O–H groups in total. The summed E-state index contributed by atoms with van der Waals surface area (Å²) in [7, 11) is 0. The van der Waals surface area contributed by atoms with Crippen LogP contribution >= 0.6 is 0 Å². The topological polar surface area (TPSA) is 46.3 Å². The van der Waals surface area contributed by atoms with E-state index >= 15 is 0 Å². The molecule has 3 nitrogen and oxygen atoms in total. The summed E-state index contributed by atoms with van der Waals surface area (Å²) in [4.78, 5) is 14.4. The van der Waals surface area contributed by atoms with Crippen molar-refractivity contribution in [2.75, 3.05) is 6.54 Å². The summed E-state index contributed by atoms with van der Waals surface area (Å²) in [6.07, 6.45) is 2.00. The zero-order valence-corrected chi connectivity index (χ0v) is 12.4. The van der Waals surface area contributed by atoms with Gasteiger partial charge in [0, 0.05) is 12.6 Å². The van der Waals surface area contributed by atoms with Gasteiger partial charge in [0.25, 0.3) is 0 Å². The van der Waals surface area contributed by atoms with Crippen LogP contribution in [-0.4, -0.2) is 29.4 Å². The minimum absolute atomic E-state index is 0.113. The van der Waals surface area contributed by atoms with E-state index in [1.807, 2.05) is 18.7 Å². The van der Waals surface area contributed by atoms with Crippen molar-refractivity contribution in [2.45, 2.75) is 66.5 Å². The number of nitrogens with two attached hydrogens (primary N) is 1. The van der Waals surface area contributed by atoms with Gasteiger partial charge in [-0.1, -0.05) is 41.5 Å². The Hall–Kier alpha value is -0.570. The number of rotatable bonds is 7. The van der Waals surface area contributed by atoms with Gasteiger partial charge in [0.2, 0.25) is 5.91 Å². The Morgan fingerprint density at radius 2 is 1.59 bits per heavy atom. The average molecular weight is 242 g/mol. The fourth-order valence-corrected chi connectivity index (χ4v) is 2.02. The second-order valence-corrected chi connectivity index (χ2v) is 5.62. The van der Waals surface area contributed by atoms with Crippen molar-refractivity contribution >= 4 is 5.91 Å². The van der Waals surface area contributed by atoms with Crippen LogP contribution in [0.15, 0.2) is 0 Å². The van der Waals surface area contributed by atoms with Crippen molar-refractivity contribution in [3.63, 3.8) is 0 Å². The zero-order chi connectivity index (χ0) is 13.6. The second-order valence-electron chi connectivity index (χ2n) is 5.62. The number of hydrogen-bond donors (Lipinski definition) is 1. The third-order valence-corrected chi connectivity index (χ3v) is 3.23. The van der Waals surface area contributed by atoms with Gasteiger partial charge in [0.1, 0.15) is 0 Å². The quantitative estimate of drug-likeness (QED) is 0.746. The van der Waals surface area contributed by atoms with E-state index in [0.717, 1.165) is 19.4 Å². The minimum atomic E-state index is -0.366. The normalized spacial score (nSPS) is 13.5. The van der Waals surface area contributed by atoms with Gasteiger partial charge in [-0.15, -0.1) is 0 Å². The van der Waals surface area contributed by atoms with Crippen molar-refractivity contribution in [2.24, 2.45) is 17.6 Å². The number of nitrogens with zero attached hydrogens (tertiary/aromatic N) is 1. The van der Waals surface area contributed by atoms with Gasteiger partial charge in [-0.25, -0.2) is 0 Å². The first-order valence-corrected chi connectivity index (χ1v) is 6.91. The number of hydrogen-bond acceptors (Lipinski definition) is 2. The highest BCUT2D eigenvalue weighted by atomic mass is 16.2. The van der Waals surface area contributed by atoms with Crippen LogP contribution in [0.25, 0.3) is 0 Å². The Morgan fingerprint density at radius 3 is 1.88 bits per heavy atom. The fraction of sp³-hybridized carbons (Fsp3) is 0.929. The van der Waals surface area contributed by atoms with Gasteiger partial charge >= 0.3 is 0 Å². The van der Waals surface area contributed by atoms with Crippen LogP contribution in [0.4, 0.5) is 0 Å². The van der Waals surface area contributed by atoms with E-state index in [0.29, 0.717) is 12.0 Å². The molecule has 0 aromatic carbocycles. The maximum atomic E-state index is 12.4. The summed E-state index contributed by atoms with van der Waals surface area (Å²) in [5.41, 5.74) is 5.99. The molecular weight excluding hydrogens is 212 g/mol. The maximum Gasteiger partial charge on any atom is 0.240 e. The highest BCUT2D eigenvalue weighted by Crippen LogP contribution is 2.15. The van der Waals surface area contributed by atoms with Gasteiger partial charge in [0.05, 0.1) is 6.04 Å². The summed E-state index contributed by atoms with van der Waals surface area (Å²) in [5.74, 6) is 0.799. The molecule has 1 amide bonds. The van der Waals surface area contributed by atoms with E-state index in [-0.39, 0.29) is 17.9 Å². The lowest BCUT2D eigenvalue weighted by molar-refractivity contribution is -0.136. The molecule has 0 aliphatic carbocycles. The summed E-state index contributed by atoms with van der Waals surface area (Å²) in [6.45, 7) is 13.4. The highest BCUT2D eigenvalue weighted by Gasteiger charge is 2.27. The standard InChI is InChI=1S/C14H30N2O/c1-7-12(8-2)16(9-10(3)4)14(17)13(15)11(5)6/h10-13H,7-9,15H2,1-6H3/t13-/m1/s1. The van der Waals surface area contributed by atoms with Crippen LogP contribution in [0.1, 0.15) is 54.4 Å². The van der Waals surface area contributed by atoms with E-state index < -0.39 is 0 Å². The third-order valence-electron chi connectivity index (χ3n) is 3.23. The van der Waals surface area contributed by atoms with Crippen molar-refractivity contribution in [3.05, 3.63) is 0 Å². The molecular formula is C14H30N2O. The number of carbonyl (C=O) groups excluding carboxylic acids is 1. The molecule has 102 valence electrons. The van der Waals surface area contributed by atoms with Gasteiger partial charge in [-0.2, -0.15) is 0 Å². The largest absolute Gasteiger partial charge is 0.338 e. The van der Waals surface area contributed by atoms with Crippen LogP contribution in [0.3, 0.4) is 0 Å². The SMILES string of the molecule is CCC(CC)N(CC(C)C)C(=O)[C@H](N)C(C)C. The minimum Gasteiger partial charge on any atom is -0.338 e. The smallest absolute Gasteiger partial charge is 0.240 e. The van der Waals surface area contributed by atoms with Crippen LogP contribution in [0.2, 0.25) is 0 Å². The molecule has 0 fully saturated rings. The average Bonchev–Trinajstić information content (AvgIpc) is 2.26. The van der Waals surface area contributed by atoms with Gasteiger partial charge in [-0.05, 0) is 24.7 Å². The molecule has 0 heterocycles. The summed E-state index contributed by atoms with van der Waals surface area (Å²) >= 11 is 0. The van der Waals surface area contributed by atoms with E-state index in [4.69, 9.17) is 5.73 Å². The molecule has 0 saturated carbocycles. The van der Waals surface area contributed by atoms with Crippen LogP contribution in [-0.2, 0) is 4.79 Å². The highest BCUT2D eigenvalue weighted by molar-refractivity contribution is 5.82. The molecule has 17 heavy (non-hydrogen) atoms. The lowest BCUT2D eigenvalue weighted by Crippen LogP contribution is -2.51. The van der Waals surface area contributed by atoms with E-state index in [2.05, 4.69) is 27.7 Å². The van der Waals surface area contributed by atoms with Gasteiger partial charge in [0.15, 0.2) is 0 Å². The Bertz CT molecular complexity index is 222. The number of carbonyl (C=O) groups is 1. The van der Waals surface area contributed by atoms with Crippen molar-refractivity contribution in [1.82, 2.24) is 4.90 Å². The molecule has 0 aliphatic heterocycles. The maximum absolute atomic E-state index is 12.4. The molecule has 0 saturated heterocycles. The molecule has 0 rings (SSSR count). The third kappa shape index (κ3) is 5.07. The first kappa shape index (κ1) is 16.4. The van der Waals surface area contributed by atoms with Crippen LogP contribution in [0, 0.1) is 11.8 Å². The van der Waals surface area contributed by atoms with Gasteiger partial charge < -0.3 is 10.6 Å². The molecule has 0 unspecified atom stereocenters. The number of amides is 1. The van der Waals surface area contributed by atoms with E-state index in [1.54, 1.807) is 0 Å². The van der Waals surface area contributed by atoms with Crippen molar-refractivity contribution < 1.29 is 4.79 Å². The predicted octanol–water partition coefficient (Wildman–Crippen LogP) is 2.64. The predicted molar refractivity (Wildman–Crippen MR) is 73.7 cm³/mol. The Kier molecular flexibility index (Phi) is 7.44.